The van der Waals surface area contributed by atoms with Gasteiger partial charge in [0.25, 0.3) is 5.56 Å². The summed E-state index contributed by atoms with van der Waals surface area (Å²) in [6.07, 6.45) is 1.91. The topological polar surface area (TPSA) is 34.9 Å². The molecule has 0 amide bonds. The van der Waals surface area contributed by atoms with Gasteiger partial charge in [0.05, 0.1) is 10.9 Å². The molecule has 0 aliphatic heterocycles. The predicted molar refractivity (Wildman–Crippen MR) is 66.5 cm³/mol. The molecule has 0 unspecified atom stereocenters. The van der Waals surface area contributed by atoms with E-state index < -0.39 is 0 Å². The molecular weight excluding hydrogens is 276 g/mol. The van der Waals surface area contributed by atoms with Crippen molar-refractivity contribution in [2.75, 3.05) is 6.26 Å². The molecule has 0 saturated heterocycles. The summed E-state index contributed by atoms with van der Waals surface area (Å²) in [5, 5.41) is 1.36. The van der Waals surface area contributed by atoms with Crippen LogP contribution in [0.3, 0.4) is 0 Å². The second-order valence-corrected chi connectivity index (χ2v) is 4.73. The van der Waals surface area contributed by atoms with Crippen LogP contribution < -0.4 is 5.56 Å². The molecule has 2 aromatic rings. The van der Waals surface area contributed by atoms with Crippen molar-refractivity contribution < 1.29 is 0 Å². The van der Waals surface area contributed by atoms with Gasteiger partial charge in [-0.3, -0.25) is 9.36 Å². The minimum absolute atomic E-state index is 0.00866. The van der Waals surface area contributed by atoms with Gasteiger partial charge in [-0.1, -0.05) is 17.8 Å². The van der Waals surface area contributed by atoms with Gasteiger partial charge in [0, 0.05) is 11.5 Å². The number of rotatable bonds is 1. The molecule has 0 aliphatic rings. The second kappa shape index (κ2) is 3.98. The summed E-state index contributed by atoms with van der Waals surface area (Å²) in [5.41, 5.74) is 0.718. The lowest BCUT2D eigenvalue weighted by atomic mass is 10.2. The molecule has 0 atom stereocenters. The molecular formula is C10H9BrN2OS. The highest BCUT2D eigenvalue weighted by Gasteiger charge is 2.08. The highest BCUT2D eigenvalue weighted by molar-refractivity contribution is 9.10. The van der Waals surface area contributed by atoms with Crippen molar-refractivity contribution in [1.82, 2.24) is 9.55 Å². The average molecular weight is 285 g/mol. The molecule has 1 heterocycles. The Morgan fingerprint density at radius 2 is 2.20 bits per heavy atom. The smallest absolute Gasteiger partial charge is 0.261 e. The first-order valence-electron chi connectivity index (χ1n) is 4.34. The van der Waals surface area contributed by atoms with Crippen molar-refractivity contribution in [3.63, 3.8) is 0 Å². The van der Waals surface area contributed by atoms with Gasteiger partial charge in [-0.15, -0.1) is 0 Å². The van der Waals surface area contributed by atoms with Crippen molar-refractivity contribution in [3.05, 3.63) is 33.0 Å². The van der Waals surface area contributed by atoms with E-state index in [2.05, 4.69) is 20.9 Å². The van der Waals surface area contributed by atoms with Crippen LogP contribution in [-0.4, -0.2) is 15.8 Å². The van der Waals surface area contributed by atoms with Crippen molar-refractivity contribution in [2.24, 2.45) is 7.05 Å². The van der Waals surface area contributed by atoms with Crippen LogP contribution in [0.4, 0.5) is 0 Å². The van der Waals surface area contributed by atoms with Gasteiger partial charge in [0.15, 0.2) is 5.16 Å². The summed E-state index contributed by atoms with van der Waals surface area (Å²) < 4.78 is 2.42. The summed E-state index contributed by atoms with van der Waals surface area (Å²) in [5.74, 6) is 0. The van der Waals surface area contributed by atoms with Crippen LogP contribution in [0.2, 0.25) is 0 Å². The van der Waals surface area contributed by atoms with Gasteiger partial charge < -0.3 is 0 Å². The number of hydrogen-bond acceptors (Lipinski definition) is 3. The zero-order valence-corrected chi connectivity index (χ0v) is 10.7. The lowest BCUT2D eigenvalue weighted by Gasteiger charge is -2.07. The Labute approximate surface area is 99.6 Å². The first-order chi connectivity index (χ1) is 7.15. The van der Waals surface area contributed by atoms with Crippen molar-refractivity contribution in [2.45, 2.75) is 5.16 Å². The lowest BCUT2D eigenvalue weighted by Crippen LogP contribution is -2.19. The van der Waals surface area contributed by atoms with E-state index in [1.165, 1.54) is 11.8 Å². The monoisotopic (exact) mass is 284 g/mol. The number of benzene rings is 1. The maximum absolute atomic E-state index is 11.9. The summed E-state index contributed by atoms with van der Waals surface area (Å²) in [6.45, 7) is 0. The van der Waals surface area contributed by atoms with Gasteiger partial charge in [-0.2, -0.15) is 0 Å². The highest BCUT2D eigenvalue weighted by Crippen LogP contribution is 2.21. The van der Waals surface area contributed by atoms with E-state index in [1.54, 1.807) is 17.7 Å². The molecule has 78 valence electrons. The van der Waals surface area contributed by atoms with E-state index in [1.807, 2.05) is 18.4 Å². The second-order valence-electron chi connectivity index (χ2n) is 3.10. The Kier molecular flexibility index (Phi) is 2.84. The molecule has 2 rings (SSSR count). The predicted octanol–water partition coefficient (Wildman–Crippen LogP) is 2.42. The SMILES string of the molecule is CSc1nc2c(Br)cccc2c(=O)n1C. The van der Waals surface area contributed by atoms with Crippen LogP contribution in [0, 0.1) is 0 Å². The number of halogens is 1. The van der Waals surface area contributed by atoms with Gasteiger partial charge in [-0.25, -0.2) is 4.98 Å². The number of thioether (sulfide) groups is 1. The first-order valence-corrected chi connectivity index (χ1v) is 6.36. The van der Waals surface area contributed by atoms with E-state index >= 15 is 0 Å². The number of hydrogen-bond donors (Lipinski definition) is 0. The largest absolute Gasteiger partial charge is 0.290 e. The first kappa shape index (κ1) is 10.7. The van der Waals surface area contributed by atoms with Crippen LogP contribution in [0.1, 0.15) is 0 Å². The Balaban J connectivity index is 2.98. The zero-order chi connectivity index (χ0) is 11.0. The molecule has 1 aromatic carbocycles. The van der Waals surface area contributed by atoms with Gasteiger partial charge in [0.2, 0.25) is 0 Å². The zero-order valence-electron chi connectivity index (χ0n) is 8.32. The van der Waals surface area contributed by atoms with Crippen LogP contribution in [0.25, 0.3) is 10.9 Å². The van der Waals surface area contributed by atoms with Crippen molar-refractivity contribution in [3.8, 4) is 0 Å². The third-order valence-corrected chi connectivity index (χ3v) is 3.57. The number of nitrogens with zero attached hydrogens (tertiary/aromatic N) is 2. The van der Waals surface area contributed by atoms with Gasteiger partial charge >= 0.3 is 0 Å². The van der Waals surface area contributed by atoms with Crippen LogP contribution in [0.15, 0.2) is 32.6 Å². The summed E-state index contributed by atoms with van der Waals surface area (Å²) in [4.78, 5) is 16.4. The fourth-order valence-corrected chi connectivity index (χ4v) is 2.42. The number of fused-ring (bicyclic) bond motifs is 1. The third-order valence-electron chi connectivity index (χ3n) is 2.20. The third kappa shape index (κ3) is 1.70. The van der Waals surface area contributed by atoms with Crippen molar-refractivity contribution >= 4 is 38.6 Å². The minimum atomic E-state index is -0.00866. The maximum atomic E-state index is 11.9. The lowest BCUT2D eigenvalue weighted by molar-refractivity contribution is 0.727. The molecule has 15 heavy (non-hydrogen) atoms. The fourth-order valence-electron chi connectivity index (χ4n) is 1.42. The maximum Gasteiger partial charge on any atom is 0.261 e. The Morgan fingerprint density at radius 3 is 2.87 bits per heavy atom. The van der Waals surface area contributed by atoms with Crippen LogP contribution in [0.5, 0.6) is 0 Å². The summed E-state index contributed by atoms with van der Waals surface area (Å²) in [7, 11) is 1.74. The van der Waals surface area contributed by atoms with Gasteiger partial charge in [0.1, 0.15) is 0 Å². The van der Waals surface area contributed by atoms with E-state index in [4.69, 9.17) is 0 Å². The molecule has 0 N–H and O–H groups in total. The van der Waals surface area contributed by atoms with Gasteiger partial charge in [-0.05, 0) is 34.3 Å². The number of para-hydroxylation sites is 1. The average Bonchev–Trinajstić information content (AvgIpc) is 2.24. The van der Waals surface area contributed by atoms with Crippen molar-refractivity contribution in [1.29, 1.82) is 0 Å². The molecule has 0 radical (unpaired) electrons. The molecule has 0 spiro atoms. The van der Waals surface area contributed by atoms with E-state index in [9.17, 15) is 4.79 Å². The Bertz CT molecular complexity index is 579. The Hall–Kier alpha value is -0.810. The fraction of sp³-hybridized carbons (Fsp3) is 0.200. The summed E-state index contributed by atoms with van der Waals surface area (Å²) in [6, 6.07) is 5.52. The van der Waals surface area contributed by atoms with Crippen LogP contribution >= 0.6 is 27.7 Å². The number of aromatic nitrogens is 2. The normalized spacial score (nSPS) is 10.9. The molecule has 3 nitrogen and oxygen atoms in total. The molecule has 0 aliphatic carbocycles. The van der Waals surface area contributed by atoms with E-state index in [0.717, 1.165) is 15.1 Å². The Morgan fingerprint density at radius 1 is 1.47 bits per heavy atom. The van der Waals surface area contributed by atoms with Crippen LogP contribution in [-0.2, 0) is 7.05 Å². The summed E-state index contributed by atoms with van der Waals surface area (Å²) >= 11 is 4.86. The molecule has 0 saturated carbocycles. The minimum Gasteiger partial charge on any atom is -0.290 e. The molecule has 0 bridgehead atoms. The molecule has 5 heteroatoms. The quantitative estimate of drug-likeness (QED) is 0.596. The van der Waals surface area contributed by atoms with E-state index in [-0.39, 0.29) is 5.56 Å². The standard InChI is InChI=1S/C10H9BrN2OS/c1-13-9(14)6-4-3-5-7(11)8(6)12-10(13)15-2/h3-5H,1-2H3. The van der Waals surface area contributed by atoms with E-state index in [0.29, 0.717) is 5.39 Å². The highest BCUT2D eigenvalue weighted by atomic mass is 79.9. The molecule has 0 fully saturated rings. The molecule has 1 aromatic heterocycles.